The lowest BCUT2D eigenvalue weighted by atomic mass is 10.1. The number of hydrogen-bond donors (Lipinski definition) is 2. The first-order valence-electron chi connectivity index (χ1n) is 11.6. The van der Waals surface area contributed by atoms with E-state index in [4.69, 9.17) is 15.2 Å². The molecule has 0 spiro atoms. The second-order valence-corrected chi connectivity index (χ2v) is 8.32. The number of quaternary nitrogens is 1. The van der Waals surface area contributed by atoms with E-state index < -0.39 is 17.0 Å². The zero-order valence-corrected chi connectivity index (χ0v) is 20.7. The lowest BCUT2D eigenvalue weighted by Crippen LogP contribution is -3.08. The summed E-state index contributed by atoms with van der Waals surface area (Å²) in [6.45, 7) is 4.97. The van der Waals surface area contributed by atoms with Crippen LogP contribution in [0.5, 0.6) is 11.5 Å². The Morgan fingerprint density at radius 3 is 2.34 bits per heavy atom. The molecule has 3 aromatic rings. The number of carbonyl (C=O) groups is 1. The third kappa shape index (κ3) is 5.81. The number of nitrogens with zero attached hydrogens (tertiary/aromatic N) is 2. The fraction of sp³-hybridized carbons (Fsp3) is 0.346. The van der Waals surface area contributed by atoms with Gasteiger partial charge >= 0.3 is 5.69 Å². The van der Waals surface area contributed by atoms with E-state index in [0.717, 1.165) is 20.6 Å². The zero-order valence-electron chi connectivity index (χ0n) is 20.7. The van der Waals surface area contributed by atoms with Crippen LogP contribution in [0.1, 0.15) is 35.3 Å². The summed E-state index contributed by atoms with van der Waals surface area (Å²) in [4.78, 5) is 40.1. The molecule has 9 nitrogen and oxygen atoms in total. The predicted octanol–water partition coefficient (Wildman–Crippen LogP) is 0.965. The van der Waals surface area contributed by atoms with Gasteiger partial charge in [-0.25, -0.2) is 4.79 Å². The Hall–Kier alpha value is -3.85. The molecule has 0 saturated carbocycles. The maximum atomic E-state index is 13.3. The van der Waals surface area contributed by atoms with Crippen LogP contribution < -0.4 is 31.4 Å². The van der Waals surface area contributed by atoms with Crippen LogP contribution in [-0.4, -0.2) is 42.2 Å². The molecule has 1 heterocycles. The minimum atomic E-state index is -0.653. The Kier molecular flexibility index (Phi) is 8.48. The molecule has 0 fully saturated rings. The lowest BCUT2D eigenvalue weighted by molar-refractivity contribution is -0.884. The number of nitrogens with two attached hydrogens (primary N) is 1. The van der Waals surface area contributed by atoms with Gasteiger partial charge in [0.05, 0.1) is 27.3 Å². The van der Waals surface area contributed by atoms with Crippen molar-refractivity contribution in [2.24, 2.45) is 0 Å². The summed E-state index contributed by atoms with van der Waals surface area (Å²) in [5.74, 6) is 0.758. The molecule has 0 bridgehead atoms. The van der Waals surface area contributed by atoms with Crippen LogP contribution in [-0.2, 0) is 19.6 Å². The van der Waals surface area contributed by atoms with Crippen molar-refractivity contribution >= 4 is 11.6 Å². The number of ketones is 1. The van der Waals surface area contributed by atoms with Gasteiger partial charge in [-0.15, -0.1) is 0 Å². The summed E-state index contributed by atoms with van der Waals surface area (Å²) in [7, 11) is 3.43. The van der Waals surface area contributed by atoms with Gasteiger partial charge in [0.2, 0.25) is 5.78 Å². The molecule has 0 radical (unpaired) electrons. The zero-order chi connectivity index (χ0) is 25.5. The van der Waals surface area contributed by atoms with E-state index in [1.54, 1.807) is 14.0 Å². The topological polar surface area (TPSA) is 110 Å². The molecule has 35 heavy (non-hydrogen) atoms. The molecule has 0 amide bonds. The number of nitrogens with one attached hydrogen (secondary N) is 1. The minimum absolute atomic E-state index is 0.0300. The molecule has 1 unspecified atom stereocenters. The van der Waals surface area contributed by atoms with Crippen LogP contribution in [0.15, 0.2) is 58.1 Å². The van der Waals surface area contributed by atoms with E-state index in [1.807, 2.05) is 62.5 Å². The Balaban J connectivity index is 1.88. The molecule has 1 atom stereocenters. The highest BCUT2D eigenvalue weighted by Gasteiger charge is 2.25. The highest BCUT2D eigenvalue weighted by molar-refractivity contribution is 6.00. The van der Waals surface area contributed by atoms with E-state index in [0.29, 0.717) is 24.7 Å². The summed E-state index contributed by atoms with van der Waals surface area (Å²) >= 11 is 0. The summed E-state index contributed by atoms with van der Waals surface area (Å²) in [5.41, 5.74) is 6.72. The maximum Gasteiger partial charge on any atom is 0.332 e. The molecule has 3 N–H and O–H groups in total. The first kappa shape index (κ1) is 25.8. The third-order valence-electron chi connectivity index (χ3n) is 5.74. The smallest absolute Gasteiger partial charge is 0.332 e. The number of benzene rings is 2. The van der Waals surface area contributed by atoms with E-state index in [9.17, 15) is 14.4 Å². The number of likely N-dealkylation sites (N-methyl/N-ethyl adjacent to an activating group) is 1. The fourth-order valence-electron chi connectivity index (χ4n) is 4.05. The summed E-state index contributed by atoms with van der Waals surface area (Å²) in [6.07, 6.45) is 0. The fourth-order valence-corrected chi connectivity index (χ4v) is 4.05. The molecule has 3 rings (SSSR count). The van der Waals surface area contributed by atoms with E-state index in [-0.39, 0.29) is 31.0 Å². The SMILES string of the molecule is CCOc1ccc(C[NH+](C)CC(=O)c2c(N)n(Cc3ccccc3)c(=O)n(CC)c2=O)cc1OC. The normalized spacial score (nSPS) is 11.8. The van der Waals surface area contributed by atoms with Crippen LogP contribution in [0.2, 0.25) is 0 Å². The number of ether oxygens (including phenoxy) is 2. The first-order valence-corrected chi connectivity index (χ1v) is 11.6. The van der Waals surface area contributed by atoms with Crippen molar-refractivity contribution in [3.05, 3.63) is 86.1 Å². The average Bonchev–Trinajstić information content (AvgIpc) is 2.83. The number of nitrogen functional groups attached to an aromatic ring is 1. The van der Waals surface area contributed by atoms with Gasteiger partial charge in [-0.05, 0) is 37.6 Å². The monoisotopic (exact) mass is 481 g/mol. The Morgan fingerprint density at radius 1 is 1.00 bits per heavy atom. The van der Waals surface area contributed by atoms with Gasteiger partial charge < -0.3 is 20.1 Å². The van der Waals surface area contributed by atoms with Crippen LogP contribution in [0.3, 0.4) is 0 Å². The van der Waals surface area contributed by atoms with Gasteiger partial charge in [-0.2, -0.15) is 0 Å². The average molecular weight is 482 g/mol. The van der Waals surface area contributed by atoms with Crippen molar-refractivity contribution in [3.8, 4) is 11.5 Å². The van der Waals surface area contributed by atoms with E-state index in [2.05, 4.69) is 0 Å². The first-order chi connectivity index (χ1) is 16.8. The van der Waals surface area contributed by atoms with Gasteiger partial charge in [-0.1, -0.05) is 30.3 Å². The van der Waals surface area contributed by atoms with Crippen molar-refractivity contribution < 1.29 is 19.2 Å². The maximum absolute atomic E-state index is 13.3. The minimum Gasteiger partial charge on any atom is -0.493 e. The third-order valence-corrected chi connectivity index (χ3v) is 5.74. The van der Waals surface area contributed by atoms with Crippen LogP contribution in [0.4, 0.5) is 5.82 Å². The Labute approximate surface area is 204 Å². The van der Waals surface area contributed by atoms with Crippen LogP contribution in [0, 0.1) is 0 Å². The van der Waals surface area contributed by atoms with Gasteiger partial charge in [0.1, 0.15) is 24.5 Å². The summed E-state index contributed by atoms with van der Waals surface area (Å²) in [5, 5.41) is 0. The standard InChI is InChI=1S/C26H32N4O5/c1-5-29-25(32)23(24(27)30(26(29)33)16-18-10-8-7-9-11-18)20(31)17-28(3)15-19-12-13-21(35-6-2)22(14-19)34-4/h7-14H,5-6,15-17,27H2,1-4H3/p+1. The number of carbonyl (C=O) groups excluding carboxylic acids is 1. The van der Waals surface area contributed by atoms with Crippen molar-refractivity contribution in [2.75, 3.05) is 33.0 Å². The molecular weight excluding hydrogens is 448 g/mol. The van der Waals surface area contributed by atoms with Crippen LogP contribution in [0.25, 0.3) is 0 Å². The second kappa shape index (κ2) is 11.5. The van der Waals surface area contributed by atoms with Crippen molar-refractivity contribution in [1.82, 2.24) is 9.13 Å². The van der Waals surface area contributed by atoms with Crippen molar-refractivity contribution in [2.45, 2.75) is 33.5 Å². The number of rotatable bonds is 11. The molecular formula is C26H33N4O5+. The Bertz CT molecular complexity index is 1300. The lowest BCUT2D eigenvalue weighted by Gasteiger charge is -2.18. The molecule has 2 aromatic carbocycles. The highest BCUT2D eigenvalue weighted by atomic mass is 16.5. The molecule has 9 heteroatoms. The van der Waals surface area contributed by atoms with Gasteiger partial charge in [-0.3, -0.25) is 18.7 Å². The quantitative estimate of drug-likeness (QED) is 0.395. The van der Waals surface area contributed by atoms with E-state index >= 15 is 0 Å². The molecule has 0 aliphatic rings. The highest BCUT2D eigenvalue weighted by Crippen LogP contribution is 2.27. The van der Waals surface area contributed by atoms with Crippen LogP contribution >= 0.6 is 0 Å². The molecule has 0 aliphatic carbocycles. The molecule has 186 valence electrons. The number of anilines is 1. The number of Topliss-reactive ketones (excluding diaryl/α,β-unsaturated/α-hetero) is 1. The second-order valence-electron chi connectivity index (χ2n) is 8.32. The number of methoxy groups -OCH3 is 1. The van der Waals surface area contributed by atoms with Gasteiger partial charge in [0.25, 0.3) is 5.56 Å². The summed E-state index contributed by atoms with van der Waals surface area (Å²) < 4.78 is 13.3. The van der Waals surface area contributed by atoms with Crippen molar-refractivity contribution in [3.63, 3.8) is 0 Å². The molecule has 0 aliphatic heterocycles. The number of aromatic nitrogens is 2. The largest absolute Gasteiger partial charge is 0.493 e. The van der Waals surface area contributed by atoms with E-state index in [1.165, 1.54) is 4.57 Å². The van der Waals surface area contributed by atoms with Crippen molar-refractivity contribution in [1.29, 1.82) is 0 Å². The molecule has 0 saturated heterocycles. The molecule has 1 aromatic heterocycles. The number of hydrogen-bond acceptors (Lipinski definition) is 6. The Morgan fingerprint density at radius 2 is 1.71 bits per heavy atom. The van der Waals surface area contributed by atoms with Gasteiger partial charge in [0.15, 0.2) is 11.5 Å². The predicted molar refractivity (Wildman–Crippen MR) is 135 cm³/mol. The summed E-state index contributed by atoms with van der Waals surface area (Å²) in [6, 6.07) is 14.9. The van der Waals surface area contributed by atoms with Gasteiger partial charge in [0, 0.05) is 12.1 Å².